The molecule has 0 aromatic rings. The third-order valence-electron chi connectivity index (χ3n) is 18.0. The predicted octanol–water partition coefficient (Wildman–Crippen LogP) is 7.43. The smallest absolute Gasteiger partial charge is 0.343 e. The Bertz CT molecular complexity index is 2030. The van der Waals surface area contributed by atoms with Crippen LogP contribution in [0.5, 0.6) is 0 Å². The van der Waals surface area contributed by atoms with Gasteiger partial charge in [-0.3, -0.25) is 9.59 Å². The molecule has 5 N–H and O–H groups in total. The molecule has 0 radical (unpaired) electrons. The second kappa shape index (κ2) is 20.2. The Balaban J connectivity index is 0.000000327. The predicted molar refractivity (Wildman–Crippen MR) is 252 cm³/mol. The Morgan fingerprint density at radius 3 is 2.20 bits per heavy atom. The van der Waals surface area contributed by atoms with Crippen molar-refractivity contribution < 1.29 is 77.8 Å². The maximum Gasteiger partial charge on any atom is 0.343 e. The molecule has 1 spiro atoms. The Labute approximate surface area is 408 Å². The second-order valence-corrected chi connectivity index (χ2v) is 22.9. The van der Waals surface area contributed by atoms with Crippen molar-refractivity contribution in [2.24, 2.45) is 47.3 Å². The van der Waals surface area contributed by atoms with Crippen LogP contribution in [0.2, 0.25) is 0 Å². The largest absolute Gasteiger partial charge is 0.507 e. The molecule has 0 amide bonds. The number of rotatable bonds is 10. The van der Waals surface area contributed by atoms with Crippen molar-refractivity contribution >= 4 is 17.7 Å². The van der Waals surface area contributed by atoms with Crippen LogP contribution < -0.4 is 0 Å². The first-order chi connectivity index (χ1) is 32.2. The van der Waals surface area contributed by atoms with Gasteiger partial charge in [-0.25, -0.2) is 4.79 Å². The van der Waals surface area contributed by atoms with Gasteiger partial charge in [0.25, 0.3) is 0 Å². The highest BCUT2D eigenvalue weighted by molar-refractivity contribution is 6.26. The van der Waals surface area contributed by atoms with Gasteiger partial charge in [-0.15, -0.1) is 0 Å². The molecule has 69 heavy (non-hydrogen) atoms. The lowest BCUT2D eigenvalue weighted by atomic mass is 9.78. The Hall–Kier alpha value is -2.93. The highest BCUT2D eigenvalue weighted by Crippen LogP contribution is 2.57. The molecule has 8 rings (SSSR count). The quantitative estimate of drug-likeness (QED) is 0.134. The molecule has 7 aliphatic heterocycles. The highest BCUT2D eigenvalue weighted by Gasteiger charge is 2.65. The molecule has 0 bridgehead atoms. The molecule has 6 saturated heterocycles. The minimum Gasteiger partial charge on any atom is -0.507 e. The molecule has 16 heteroatoms. The molecule has 0 saturated carbocycles. The van der Waals surface area contributed by atoms with Crippen LogP contribution in [-0.2, 0) is 52.3 Å². The number of aliphatic hydroxyl groups excluding tert-OH is 2. The fourth-order valence-electron chi connectivity index (χ4n) is 13.6. The monoisotopic (exact) mass is 975 g/mol. The third-order valence-corrected chi connectivity index (χ3v) is 18.0. The second-order valence-electron chi connectivity index (χ2n) is 22.9. The van der Waals surface area contributed by atoms with Gasteiger partial charge in [-0.2, -0.15) is 0 Å². The molecule has 21 atom stereocenters. The molecule has 7 heterocycles. The number of aliphatic carboxylic acids is 2. The Morgan fingerprint density at radius 1 is 0.870 bits per heavy atom. The maximum atomic E-state index is 12.0. The van der Waals surface area contributed by atoms with Gasteiger partial charge in [-0.05, 0) is 108 Å². The molecular weight excluding hydrogens is 893 g/mol. The fourth-order valence-corrected chi connectivity index (χ4v) is 13.6. The number of ether oxygens (including phenoxy) is 8. The number of carboxylic acids is 2. The summed E-state index contributed by atoms with van der Waals surface area (Å²) in [6, 6.07) is 0. The zero-order valence-corrected chi connectivity index (χ0v) is 43.2. The summed E-state index contributed by atoms with van der Waals surface area (Å²) in [5.41, 5.74) is -0.359. The van der Waals surface area contributed by atoms with Crippen molar-refractivity contribution in [1.82, 2.24) is 0 Å². The lowest BCUT2D eigenvalue weighted by Gasteiger charge is -2.50. The van der Waals surface area contributed by atoms with Crippen LogP contribution in [0.4, 0.5) is 0 Å². The summed E-state index contributed by atoms with van der Waals surface area (Å²) in [7, 11) is 1.77. The third kappa shape index (κ3) is 9.85. The van der Waals surface area contributed by atoms with Crippen LogP contribution in [0, 0.1) is 47.3 Å². The Morgan fingerprint density at radius 2 is 1.57 bits per heavy atom. The van der Waals surface area contributed by atoms with Crippen molar-refractivity contribution in [1.29, 1.82) is 0 Å². The number of aliphatic hydroxyl groups is 3. The van der Waals surface area contributed by atoms with E-state index in [4.69, 9.17) is 43.0 Å². The fraction of sp³-hybridized carbons (Fsp3) is 0.830. The normalized spacial score (nSPS) is 47.3. The SMILES string of the molecule is CC1=C2C(=CO[C@H](C)[C@H]2C)C(=O)C(C(=O)O)=C1O.CO[C@@H]1C[C@@H](C[C@H]2CC[C@H](C)[C@H]([C@@H](C)C(=O)O)O2)O[C@]2(O[C@](C)([C@H]3CC[C@@](C)([C@@H]4O[C@@H]([C@H]5O[C@@](O)(CO)[C@H](C)C[C@@H]5C)C[C@@H]4C)O3)C[C@H]2C)[C@@H]1C. The molecule has 0 aromatic carbocycles. The summed E-state index contributed by atoms with van der Waals surface area (Å²) >= 11 is 0. The molecule has 390 valence electrons. The van der Waals surface area contributed by atoms with Crippen LogP contribution in [0.3, 0.4) is 0 Å². The van der Waals surface area contributed by atoms with Crippen molar-refractivity contribution in [2.45, 2.75) is 219 Å². The summed E-state index contributed by atoms with van der Waals surface area (Å²) in [4.78, 5) is 34.9. The zero-order valence-electron chi connectivity index (χ0n) is 43.2. The maximum absolute atomic E-state index is 12.0. The van der Waals surface area contributed by atoms with Gasteiger partial charge in [0, 0.05) is 43.6 Å². The van der Waals surface area contributed by atoms with E-state index in [1.807, 2.05) is 20.8 Å². The van der Waals surface area contributed by atoms with Gasteiger partial charge in [-0.1, -0.05) is 48.5 Å². The summed E-state index contributed by atoms with van der Waals surface area (Å²) < 4.78 is 52.3. The van der Waals surface area contributed by atoms with E-state index >= 15 is 0 Å². The van der Waals surface area contributed by atoms with Crippen molar-refractivity contribution in [3.05, 3.63) is 34.3 Å². The van der Waals surface area contributed by atoms with Crippen molar-refractivity contribution in [2.75, 3.05) is 13.7 Å². The van der Waals surface area contributed by atoms with E-state index in [0.717, 1.165) is 51.4 Å². The van der Waals surface area contributed by atoms with Crippen LogP contribution >= 0.6 is 0 Å². The lowest BCUT2D eigenvalue weighted by Crippen LogP contribution is -2.58. The number of carbonyl (C=O) groups is 3. The van der Waals surface area contributed by atoms with Crippen LogP contribution in [-0.4, -0.2) is 135 Å². The van der Waals surface area contributed by atoms with E-state index in [2.05, 4.69) is 48.5 Å². The lowest BCUT2D eigenvalue weighted by molar-refractivity contribution is -0.353. The zero-order chi connectivity index (χ0) is 50.9. The number of hydrogen-bond acceptors (Lipinski definition) is 14. The first-order valence-corrected chi connectivity index (χ1v) is 25.7. The van der Waals surface area contributed by atoms with Gasteiger partial charge in [0.15, 0.2) is 11.6 Å². The van der Waals surface area contributed by atoms with E-state index in [1.165, 1.54) is 6.26 Å². The molecule has 0 aromatic heterocycles. The number of fused-ring (bicyclic) bond motifs is 1. The van der Waals surface area contributed by atoms with Crippen LogP contribution in [0.25, 0.3) is 0 Å². The van der Waals surface area contributed by atoms with Crippen LogP contribution in [0.1, 0.15) is 141 Å². The van der Waals surface area contributed by atoms with Crippen molar-refractivity contribution in [3.8, 4) is 0 Å². The average molecular weight is 975 g/mol. The van der Waals surface area contributed by atoms with Crippen LogP contribution in [0.15, 0.2) is 34.3 Å². The van der Waals surface area contributed by atoms with Gasteiger partial charge in [0.1, 0.15) is 17.4 Å². The van der Waals surface area contributed by atoms with E-state index in [0.29, 0.717) is 17.6 Å². The number of ketones is 1. The van der Waals surface area contributed by atoms with Gasteiger partial charge < -0.3 is 63.4 Å². The van der Waals surface area contributed by atoms with E-state index in [-0.39, 0.29) is 102 Å². The highest BCUT2D eigenvalue weighted by atomic mass is 16.7. The number of carboxylic acid groups (broad SMARTS) is 2. The molecule has 1 aliphatic carbocycles. The number of allylic oxidation sites excluding steroid dienone is 2. The summed E-state index contributed by atoms with van der Waals surface area (Å²) in [6.45, 7) is 23.8. The number of carbonyl (C=O) groups excluding carboxylic acids is 1. The molecule has 8 aliphatic rings. The van der Waals surface area contributed by atoms with Gasteiger partial charge >= 0.3 is 11.9 Å². The first-order valence-electron chi connectivity index (χ1n) is 25.7. The summed E-state index contributed by atoms with van der Waals surface area (Å²) in [6.07, 6.45) is 7.03. The topological polar surface area (TPSA) is 226 Å². The van der Waals surface area contributed by atoms with Crippen molar-refractivity contribution in [3.63, 3.8) is 0 Å². The molecular formula is C53H82O16. The molecule has 6 fully saturated rings. The number of hydrogen-bond donors (Lipinski definition) is 5. The number of Topliss-reactive ketones (excluding diaryl/α,β-unsaturated/α-hetero) is 1. The number of methoxy groups -OCH3 is 1. The van der Waals surface area contributed by atoms with Gasteiger partial charge in [0.2, 0.25) is 5.78 Å². The Kier molecular flexibility index (Phi) is 15.7. The first kappa shape index (κ1) is 53.9. The minimum absolute atomic E-state index is 0.00727. The summed E-state index contributed by atoms with van der Waals surface area (Å²) in [5, 5.41) is 49.5. The summed E-state index contributed by atoms with van der Waals surface area (Å²) in [5.74, 6) is -5.90. The average Bonchev–Trinajstić information content (AvgIpc) is 3.97. The van der Waals surface area contributed by atoms with E-state index in [9.17, 15) is 34.8 Å². The van der Waals surface area contributed by atoms with E-state index < -0.39 is 64.4 Å². The minimum atomic E-state index is -1.55. The van der Waals surface area contributed by atoms with Gasteiger partial charge in [0.05, 0.1) is 84.4 Å². The standard InChI is InChI=1S/C40H68O11.C13H14O5/c1-21-11-12-28(46-33(21)26(6)36(42)43)17-29-18-30(45-10)27(7)40(48-29)25(5)19-38(9,51-40)32-13-14-37(8,49-32)35-23(3)16-31(47-35)34-22(2)15-24(4)39(44,20-41)50-34;1-5-7(3)18-4-8-9(5)6(2)11(14)10(12(8)15)13(16)17/h21-35,41,44H,11-20H2,1-10H3,(H,42,43);4-5,7,14H,1-3H3,(H,16,17)/t21-,22-,23-,24+,25+,26+,27+,28+,29+,30+,31+,32+,33+,34-,35+,37-,38-,39-,40+;5-,7-/m01/s1. The molecule has 0 unspecified atom stereocenters. The van der Waals surface area contributed by atoms with E-state index in [1.54, 1.807) is 21.0 Å². The molecule has 16 nitrogen and oxygen atoms in total.